The van der Waals surface area contributed by atoms with E-state index < -0.39 is 0 Å². The van der Waals surface area contributed by atoms with Crippen LogP contribution in [-0.4, -0.2) is 35.8 Å². The zero-order valence-electron chi connectivity index (χ0n) is 13.8. The highest BCUT2D eigenvalue weighted by molar-refractivity contribution is 5.67. The molecule has 1 aliphatic heterocycles. The van der Waals surface area contributed by atoms with Crippen molar-refractivity contribution in [2.75, 3.05) is 24.7 Å². The topological polar surface area (TPSA) is 38.2 Å². The molecule has 116 valence electrons. The van der Waals surface area contributed by atoms with E-state index in [1.54, 1.807) is 0 Å². The Bertz CT molecular complexity index is 684. The third-order valence-electron chi connectivity index (χ3n) is 4.16. The molecule has 1 aliphatic rings. The van der Waals surface area contributed by atoms with Gasteiger partial charge in [0.2, 0.25) is 0 Å². The van der Waals surface area contributed by atoms with Gasteiger partial charge in [-0.3, -0.25) is 0 Å². The summed E-state index contributed by atoms with van der Waals surface area (Å²) in [6.45, 7) is 10.8. The summed E-state index contributed by atoms with van der Waals surface area (Å²) in [5.74, 6) is 1.81. The summed E-state index contributed by atoms with van der Waals surface area (Å²) in [5.41, 5.74) is 4.68. The number of hydrogen-bond acceptors (Lipinski definition) is 4. The Morgan fingerprint density at radius 3 is 2.73 bits per heavy atom. The standard InChI is InChI=1S/C18H23N3O/c1-12-5-6-13(2)16(9-12)17-10-18(20-15(4)19-17)21-7-8-22-11-14(21)3/h5-6,9-10,14H,7-8,11H2,1-4H3/t14-/m1/s1. The lowest BCUT2D eigenvalue weighted by molar-refractivity contribution is 0.0985. The van der Waals surface area contributed by atoms with Crippen molar-refractivity contribution in [3.05, 3.63) is 41.2 Å². The van der Waals surface area contributed by atoms with Crippen LogP contribution in [0.25, 0.3) is 11.3 Å². The molecule has 4 heteroatoms. The Hall–Kier alpha value is -1.94. The molecule has 3 rings (SSSR count). The molecule has 0 N–H and O–H groups in total. The number of hydrogen-bond donors (Lipinski definition) is 0. The molecule has 22 heavy (non-hydrogen) atoms. The van der Waals surface area contributed by atoms with Gasteiger partial charge in [-0.15, -0.1) is 0 Å². The third-order valence-corrected chi connectivity index (χ3v) is 4.16. The van der Waals surface area contributed by atoms with Crippen LogP contribution in [0.5, 0.6) is 0 Å². The molecule has 0 bridgehead atoms. The van der Waals surface area contributed by atoms with Crippen LogP contribution in [0.4, 0.5) is 5.82 Å². The summed E-state index contributed by atoms with van der Waals surface area (Å²) in [6, 6.07) is 8.94. The second kappa shape index (κ2) is 6.05. The second-order valence-electron chi connectivity index (χ2n) is 6.09. The van der Waals surface area contributed by atoms with Gasteiger partial charge in [-0.1, -0.05) is 17.7 Å². The Balaban J connectivity index is 2.04. The first-order valence-corrected chi connectivity index (χ1v) is 7.82. The summed E-state index contributed by atoms with van der Waals surface area (Å²) in [7, 11) is 0. The van der Waals surface area contributed by atoms with Crippen LogP contribution in [0, 0.1) is 20.8 Å². The molecule has 1 aromatic carbocycles. The van der Waals surface area contributed by atoms with Crippen molar-refractivity contribution in [3.63, 3.8) is 0 Å². The quantitative estimate of drug-likeness (QED) is 0.852. The summed E-state index contributed by atoms with van der Waals surface area (Å²) in [5, 5.41) is 0. The molecule has 2 heterocycles. The number of rotatable bonds is 2. The Morgan fingerprint density at radius 2 is 1.95 bits per heavy atom. The Morgan fingerprint density at radius 1 is 1.14 bits per heavy atom. The molecular weight excluding hydrogens is 274 g/mol. The highest BCUT2D eigenvalue weighted by Crippen LogP contribution is 2.27. The van der Waals surface area contributed by atoms with E-state index in [4.69, 9.17) is 4.74 Å². The lowest BCUT2D eigenvalue weighted by Crippen LogP contribution is -2.44. The molecule has 2 aromatic rings. The van der Waals surface area contributed by atoms with Crippen molar-refractivity contribution in [3.8, 4) is 11.3 Å². The van der Waals surface area contributed by atoms with E-state index in [-0.39, 0.29) is 0 Å². The van der Waals surface area contributed by atoms with Crippen molar-refractivity contribution in [1.29, 1.82) is 0 Å². The van der Waals surface area contributed by atoms with Gasteiger partial charge in [0.05, 0.1) is 24.9 Å². The Kier molecular flexibility index (Phi) is 4.12. The highest BCUT2D eigenvalue weighted by Gasteiger charge is 2.21. The van der Waals surface area contributed by atoms with Gasteiger partial charge in [0, 0.05) is 18.2 Å². The van der Waals surface area contributed by atoms with E-state index in [1.165, 1.54) is 16.7 Å². The molecule has 1 saturated heterocycles. The zero-order chi connectivity index (χ0) is 15.7. The van der Waals surface area contributed by atoms with Gasteiger partial charge in [-0.25, -0.2) is 9.97 Å². The molecule has 0 amide bonds. The molecular formula is C18H23N3O. The highest BCUT2D eigenvalue weighted by atomic mass is 16.5. The molecule has 0 saturated carbocycles. The summed E-state index contributed by atoms with van der Waals surface area (Å²) >= 11 is 0. The molecule has 4 nitrogen and oxygen atoms in total. The SMILES string of the molecule is Cc1ccc(C)c(-c2cc(N3CCOC[C@H]3C)nc(C)n2)c1. The van der Waals surface area contributed by atoms with E-state index in [9.17, 15) is 0 Å². The molecule has 0 radical (unpaired) electrons. The van der Waals surface area contributed by atoms with Crippen LogP contribution in [0.15, 0.2) is 24.3 Å². The molecule has 1 fully saturated rings. The normalized spacial score (nSPS) is 18.5. The molecule has 0 unspecified atom stereocenters. The van der Waals surface area contributed by atoms with E-state index in [0.717, 1.165) is 37.1 Å². The number of anilines is 1. The number of ether oxygens (including phenoxy) is 1. The minimum absolute atomic E-state index is 0.342. The van der Waals surface area contributed by atoms with Gasteiger partial charge in [0.25, 0.3) is 0 Å². The predicted molar refractivity (Wildman–Crippen MR) is 89.3 cm³/mol. The Labute approximate surface area is 132 Å². The van der Waals surface area contributed by atoms with E-state index in [1.807, 2.05) is 6.92 Å². The first-order valence-electron chi connectivity index (χ1n) is 7.82. The fraction of sp³-hybridized carbons (Fsp3) is 0.444. The summed E-state index contributed by atoms with van der Waals surface area (Å²) < 4.78 is 5.53. The number of aryl methyl sites for hydroxylation is 3. The van der Waals surface area contributed by atoms with Crippen molar-refractivity contribution < 1.29 is 4.74 Å². The maximum absolute atomic E-state index is 5.53. The number of aromatic nitrogens is 2. The monoisotopic (exact) mass is 297 g/mol. The average Bonchev–Trinajstić information content (AvgIpc) is 2.49. The van der Waals surface area contributed by atoms with Gasteiger partial charge in [-0.2, -0.15) is 0 Å². The van der Waals surface area contributed by atoms with Gasteiger partial charge < -0.3 is 9.64 Å². The van der Waals surface area contributed by atoms with Crippen molar-refractivity contribution in [2.24, 2.45) is 0 Å². The zero-order valence-corrected chi connectivity index (χ0v) is 13.8. The lowest BCUT2D eigenvalue weighted by Gasteiger charge is -2.34. The summed E-state index contributed by atoms with van der Waals surface area (Å²) in [6.07, 6.45) is 0. The first kappa shape index (κ1) is 15.0. The lowest BCUT2D eigenvalue weighted by atomic mass is 10.0. The van der Waals surface area contributed by atoms with Crippen molar-refractivity contribution in [2.45, 2.75) is 33.7 Å². The fourth-order valence-electron chi connectivity index (χ4n) is 2.92. The maximum atomic E-state index is 5.53. The van der Waals surface area contributed by atoms with E-state index in [2.05, 4.69) is 59.9 Å². The van der Waals surface area contributed by atoms with E-state index in [0.29, 0.717) is 6.04 Å². The second-order valence-corrected chi connectivity index (χ2v) is 6.09. The summed E-state index contributed by atoms with van der Waals surface area (Å²) in [4.78, 5) is 11.6. The van der Waals surface area contributed by atoms with Crippen LogP contribution in [0.2, 0.25) is 0 Å². The van der Waals surface area contributed by atoms with Crippen LogP contribution >= 0.6 is 0 Å². The van der Waals surface area contributed by atoms with E-state index >= 15 is 0 Å². The number of nitrogens with zero attached hydrogens (tertiary/aromatic N) is 3. The fourth-order valence-corrected chi connectivity index (χ4v) is 2.92. The predicted octanol–water partition coefficient (Wildman–Crippen LogP) is 3.29. The molecule has 0 spiro atoms. The maximum Gasteiger partial charge on any atom is 0.133 e. The molecule has 0 aliphatic carbocycles. The molecule has 1 atom stereocenters. The van der Waals surface area contributed by atoms with Crippen LogP contribution in [0.3, 0.4) is 0 Å². The van der Waals surface area contributed by atoms with Crippen molar-refractivity contribution >= 4 is 5.82 Å². The number of morpholine rings is 1. The average molecular weight is 297 g/mol. The third kappa shape index (κ3) is 2.97. The molecule has 1 aromatic heterocycles. The van der Waals surface area contributed by atoms with Crippen LogP contribution < -0.4 is 4.90 Å². The van der Waals surface area contributed by atoms with Gasteiger partial charge >= 0.3 is 0 Å². The largest absolute Gasteiger partial charge is 0.377 e. The van der Waals surface area contributed by atoms with Gasteiger partial charge in [0.15, 0.2) is 0 Å². The smallest absolute Gasteiger partial charge is 0.133 e. The minimum atomic E-state index is 0.342. The van der Waals surface area contributed by atoms with Crippen molar-refractivity contribution in [1.82, 2.24) is 9.97 Å². The minimum Gasteiger partial charge on any atom is -0.377 e. The van der Waals surface area contributed by atoms with Gasteiger partial charge in [-0.05, 0) is 39.3 Å². The van der Waals surface area contributed by atoms with Gasteiger partial charge in [0.1, 0.15) is 11.6 Å². The van der Waals surface area contributed by atoms with Crippen LogP contribution in [-0.2, 0) is 4.74 Å². The first-order chi connectivity index (χ1) is 10.5. The number of benzene rings is 1. The van der Waals surface area contributed by atoms with Crippen LogP contribution in [0.1, 0.15) is 23.9 Å².